The Morgan fingerprint density at radius 1 is 1.07 bits per heavy atom. The van der Waals surface area contributed by atoms with Gasteiger partial charge in [-0.3, -0.25) is 15.2 Å². The van der Waals surface area contributed by atoms with Gasteiger partial charge in [0.1, 0.15) is 11.5 Å². The first-order valence-electron chi connectivity index (χ1n) is 8.73. The minimum Gasteiger partial charge on any atom is -0.384 e. The Morgan fingerprint density at radius 2 is 1.89 bits per heavy atom. The molecule has 0 saturated heterocycles. The summed E-state index contributed by atoms with van der Waals surface area (Å²) in [5.41, 5.74) is 9.73. The molecule has 0 radical (unpaired) electrons. The van der Waals surface area contributed by atoms with Crippen molar-refractivity contribution in [2.24, 2.45) is 5.73 Å². The second-order valence-electron chi connectivity index (χ2n) is 6.33. The molecule has 138 valence electrons. The van der Waals surface area contributed by atoms with E-state index in [-0.39, 0.29) is 11.7 Å². The van der Waals surface area contributed by atoms with Crippen LogP contribution in [0.2, 0.25) is 0 Å². The first-order chi connectivity index (χ1) is 13.6. The fraction of sp³-hybridized carbons (Fsp3) is 0.0476. The maximum atomic E-state index is 12.5. The van der Waals surface area contributed by atoms with E-state index in [0.717, 1.165) is 11.1 Å². The lowest BCUT2D eigenvalue weighted by atomic mass is 10.2. The number of nitrogen functional groups attached to an aromatic ring is 1. The molecule has 0 spiro atoms. The summed E-state index contributed by atoms with van der Waals surface area (Å²) in [6.07, 6.45) is 1.58. The highest BCUT2D eigenvalue weighted by Gasteiger charge is 2.11. The third kappa shape index (κ3) is 3.59. The lowest BCUT2D eigenvalue weighted by Gasteiger charge is -2.06. The van der Waals surface area contributed by atoms with Crippen LogP contribution in [-0.2, 0) is 6.54 Å². The summed E-state index contributed by atoms with van der Waals surface area (Å²) in [5.74, 6) is 0.359. The van der Waals surface area contributed by atoms with E-state index in [9.17, 15) is 4.79 Å². The van der Waals surface area contributed by atoms with Crippen LogP contribution in [0.4, 0.5) is 0 Å². The van der Waals surface area contributed by atoms with Gasteiger partial charge in [0.25, 0.3) is 5.91 Å². The topological polar surface area (TPSA) is 121 Å². The highest BCUT2D eigenvalue weighted by atomic mass is 16.1. The fourth-order valence-electron chi connectivity index (χ4n) is 2.88. The maximum absolute atomic E-state index is 12.5. The van der Waals surface area contributed by atoms with Gasteiger partial charge in [-0.2, -0.15) is 0 Å². The number of hydrogen-bond acceptors (Lipinski definition) is 4. The molecular weight excluding hydrogens is 352 g/mol. The van der Waals surface area contributed by atoms with Crippen LogP contribution in [0, 0.1) is 5.41 Å². The van der Waals surface area contributed by atoms with Crippen molar-refractivity contribution in [2.75, 3.05) is 0 Å². The molecule has 4 aromatic rings. The number of H-pyrrole nitrogens is 1. The minimum atomic E-state index is -0.178. The smallest absolute Gasteiger partial charge is 0.251 e. The van der Waals surface area contributed by atoms with E-state index in [1.807, 2.05) is 36.4 Å². The lowest BCUT2D eigenvalue weighted by molar-refractivity contribution is 0.0951. The third-order valence-electron chi connectivity index (χ3n) is 4.35. The van der Waals surface area contributed by atoms with Crippen molar-refractivity contribution >= 4 is 22.8 Å². The van der Waals surface area contributed by atoms with Gasteiger partial charge in [0.2, 0.25) is 0 Å². The minimum absolute atomic E-state index is 0.0124. The number of imidazole rings is 1. The summed E-state index contributed by atoms with van der Waals surface area (Å²) in [6.45, 7) is 0.454. The van der Waals surface area contributed by atoms with E-state index < -0.39 is 0 Å². The number of nitrogens with zero attached hydrogens (tertiary/aromatic N) is 2. The standard InChI is InChI=1S/C21H18N6O/c22-19(23)14-6-7-16-17(10-14)27-20(26-16)18-11-15(8-9-24-18)21(28)25-12-13-4-2-1-3-5-13/h1-11H,12H2,(H3,22,23)(H,25,28)(H,26,27). The molecule has 0 unspecified atom stereocenters. The van der Waals surface area contributed by atoms with Gasteiger partial charge in [0, 0.05) is 23.9 Å². The molecule has 0 fully saturated rings. The highest BCUT2D eigenvalue weighted by molar-refractivity contribution is 5.98. The Hall–Kier alpha value is -4.00. The van der Waals surface area contributed by atoms with Crippen LogP contribution in [-0.4, -0.2) is 26.7 Å². The molecule has 0 saturated carbocycles. The lowest BCUT2D eigenvalue weighted by Crippen LogP contribution is -2.22. The first-order valence-corrected chi connectivity index (χ1v) is 8.73. The third-order valence-corrected chi connectivity index (χ3v) is 4.35. The number of nitrogens with one attached hydrogen (secondary N) is 3. The van der Waals surface area contributed by atoms with Crippen LogP contribution in [0.5, 0.6) is 0 Å². The van der Waals surface area contributed by atoms with Crippen molar-refractivity contribution in [3.63, 3.8) is 0 Å². The van der Waals surface area contributed by atoms with Gasteiger partial charge in [-0.25, -0.2) is 4.98 Å². The number of amidine groups is 1. The van der Waals surface area contributed by atoms with Crippen molar-refractivity contribution < 1.29 is 4.79 Å². The summed E-state index contributed by atoms with van der Waals surface area (Å²) in [7, 11) is 0. The van der Waals surface area contributed by atoms with Crippen LogP contribution in [0.25, 0.3) is 22.6 Å². The van der Waals surface area contributed by atoms with Crippen LogP contribution in [0.3, 0.4) is 0 Å². The number of carbonyl (C=O) groups excluding carboxylic acids is 1. The number of pyridine rings is 1. The highest BCUT2D eigenvalue weighted by Crippen LogP contribution is 2.20. The molecule has 0 atom stereocenters. The van der Waals surface area contributed by atoms with E-state index in [1.54, 1.807) is 30.5 Å². The van der Waals surface area contributed by atoms with Gasteiger partial charge in [-0.1, -0.05) is 30.3 Å². The number of aromatic nitrogens is 3. The zero-order valence-corrected chi connectivity index (χ0v) is 14.9. The number of fused-ring (bicyclic) bond motifs is 1. The number of aromatic amines is 1. The summed E-state index contributed by atoms with van der Waals surface area (Å²) >= 11 is 0. The predicted octanol–water partition coefficient (Wildman–Crippen LogP) is 2.84. The van der Waals surface area contributed by atoms with Gasteiger partial charge in [0.05, 0.1) is 11.0 Å². The number of rotatable bonds is 5. The molecule has 0 aliphatic rings. The average molecular weight is 370 g/mol. The second-order valence-corrected chi connectivity index (χ2v) is 6.33. The quantitative estimate of drug-likeness (QED) is 0.319. The SMILES string of the molecule is N=C(N)c1ccc2[nH]c(-c3cc(C(=O)NCc4ccccc4)ccn3)nc2c1. The Labute approximate surface area is 161 Å². The van der Waals surface area contributed by atoms with Crippen molar-refractivity contribution in [1.29, 1.82) is 5.41 Å². The summed E-state index contributed by atoms with van der Waals surface area (Å²) in [5, 5.41) is 10.4. The fourth-order valence-corrected chi connectivity index (χ4v) is 2.88. The molecule has 0 aliphatic heterocycles. The zero-order chi connectivity index (χ0) is 19.5. The van der Waals surface area contributed by atoms with E-state index in [2.05, 4.69) is 20.3 Å². The molecule has 2 aromatic carbocycles. The Kier molecular flexibility index (Phi) is 4.55. The summed E-state index contributed by atoms with van der Waals surface area (Å²) in [6, 6.07) is 18.4. The normalized spacial score (nSPS) is 10.7. The molecule has 0 bridgehead atoms. The van der Waals surface area contributed by atoms with Crippen molar-refractivity contribution in [1.82, 2.24) is 20.3 Å². The van der Waals surface area contributed by atoms with Gasteiger partial charge < -0.3 is 16.0 Å². The van der Waals surface area contributed by atoms with Crippen molar-refractivity contribution in [2.45, 2.75) is 6.54 Å². The molecule has 0 aliphatic carbocycles. The van der Waals surface area contributed by atoms with Crippen LogP contribution < -0.4 is 11.1 Å². The van der Waals surface area contributed by atoms with E-state index in [4.69, 9.17) is 11.1 Å². The first kappa shape index (κ1) is 17.4. The van der Waals surface area contributed by atoms with Gasteiger partial charge in [0.15, 0.2) is 5.82 Å². The second kappa shape index (κ2) is 7.32. The number of nitrogens with two attached hydrogens (primary N) is 1. The Balaban J connectivity index is 1.57. The molecule has 7 nitrogen and oxygen atoms in total. The average Bonchev–Trinajstić information content (AvgIpc) is 3.16. The molecule has 1 amide bonds. The van der Waals surface area contributed by atoms with Crippen molar-refractivity contribution in [3.05, 3.63) is 83.6 Å². The number of benzene rings is 2. The van der Waals surface area contributed by atoms with Gasteiger partial charge in [-0.15, -0.1) is 0 Å². The molecule has 7 heteroatoms. The molecule has 5 N–H and O–H groups in total. The summed E-state index contributed by atoms with van der Waals surface area (Å²) in [4.78, 5) is 24.5. The van der Waals surface area contributed by atoms with E-state index >= 15 is 0 Å². The van der Waals surface area contributed by atoms with Crippen LogP contribution in [0.15, 0.2) is 66.9 Å². The predicted molar refractivity (Wildman–Crippen MR) is 108 cm³/mol. The largest absolute Gasteiger partial charge is 0.384 e. The number of amides is 1. The Morgan fingerprint density at radius 3 is 2.68 bits per heavy atom. The monoisotopic (exact) mass is 370 g/mol. The van der Waals surface area contributed by atoms with Crippen LogP contribution in [0.1, 0.15) is 21.5 Å². The van der Waals surface area contributed by atoms with Crippen molar-refractivity contribution in [3.8, 4) is 11.5 Å². The molecule has 2 aromatic heterocycles. The van der Waals surface area contributed by atoms with Crippen LogP contribution >= 0.6 is 0 Å². The molecule has 2 heterocycles. The Bertz CT molecular complexity index is 1170. The molecule has 4 rings (SSSR count). The molecule has 28 heavy (non-hydrogen) atoms. The zero-order valence-electron chi connectivity index (χ0n) is 14.9. The molecular formula is C21H18N6O. The number of carbonyl (C=O) groups is 1. The van der Waals surface area contributed by atoms with E-state index in [1.165, 1.54) is 0 Å². The van der Waals surface area contributed by atoms with Gasteiger partial charge >= 0.3 is 0 Å². The van der Waals surface area contributed by atoms with E-state index in [0.29, 0.717) is 34.7 Å². The maximum Gasteiger partial charge on any atom is 0.251 e. The van der Waals surface area contributed by atoms with Gasteiger partial charge in [-0.05, 0) is 35.9 Å². The summed E-state index contributed by atoms with van der Waals surface area (Å²) < 4.78 is 0. The number of hydrogen-bond donors (Lipinski definition) is 4.